The predicted octanol–water partition coefficient (Wildman–Crippen LogP) is 2.57. The fraction of sp³-hybridized carbons (Fsp3) is 0.600. The van der Waals surface area contributed by atoms with Crippen LogP contribution in [-0.4, -0.2) is 33.7 Å². The third-order valence-electron chi connectivity index (χ3n) is 2.51. The predicted molar refractivity (Wildman–Crippen MR) is 60.5 cm³/mol. The zero-order chi connectivity index (χ0) is 14.1. The van der Waals surface area contributed by atoms with Gasteiger partial charge in [0.05, 0.1) is 0 Å². The van der Waals surface area contributed by atoms with E-state index in [1.165, 1.54) is 11.9 Å². The molecule has 1 rings (SSSR count). The normalized spacial score (nSPS) is 11.7. The van der Waals surface area contributed by atoms with Crippen LogP contribution in [0.3, 0.4) is 0 Å². The van der Waals surface area contributed by atoms with Crippen molar-refractivity contribution in [1.29, 1.82) is 0 Å². The lowest BCUT2D eigenvalue weighted by atomic mass is 10.3. The van der Waals surface area contributed by atoms with Gasteiger partial charge in [0.15, 0.2) is 5.69 Å². The SMILES string of the molecule is CCN(CC)C(=O)c1c(Cl)c(C(F)(F)F)nn1C. The summed E-state index contributed by atoms with van der Waals surface area (Å²) in [6, 6.07) is 0. The van der Waals surface area contributed by atoms with Crippen molar-refractivity contribution >= 4 is 17.5 Å². The molecule has 1 heterocycles. The highest BCUT2D eigenvalue weighted by molar-refractivity contribution is 6.34. The molecule has 1 amide bonds. The van der Waals surface area contributed by atoms with Crippen LogP contribution in [0.1, 0.15) is 30.0 Å². The van der Waals surface area contributed by atoms with Crippen LogP contribution in [0.5, 0.6) is 0 Å². The Morgan fingerprint density at radius 3 is 2.22 bits per heavy atom. The summed E-state index contributed by atoms with van der Waals surface area (Å²) in [6.45, 7) is 4.24. The number of carbonyl (C=O) groups excluding carboxylic acids is 1. The van der Waals surface area contributed by atoms with E-state index in [0.29, 0.717) is 13.1 Å². The molecule has 0 radical (unpaired) electrons. The number of alkyl halides is 3. The number of aryl methyl sites for hydroxylation is 1. The Hall–Kier alpha value is -1.24. The highest BCUT2D eigenvalue weighted by Crippen LogP contribution is 2.35. The number of nitrogens with zero attached hydrogens (tertiary/aromatic N) is 3. The summed E-state index contributed by atoms with van der Waals surface area (Å²) in [5, 5.41) is 2.61. The highest BCUT2D eigenvalue weighted by atomic mass is 35.5. The van der Waals surface area contributed by atoms with Crippen molar-refractivity contribution in [3.63, 3.8) is 0 Å². The van der Waals surface area contributed by atoms with Crippen molar-refractivity contribution in [3.8, 4) is 0 Å². The van der Waals surface area contributed by atoms with Gasteiger partial charge < -0.3 is 4.90 Å². The summed E-state index contributed by atoms with van der Waals surface area (Å²) >= 11 is 5.62. The number of halogens is 4. The molecular formula is C10H13ClF3N3O. The molecule has 0 aliphatic heterocycles. The molecule has 1 aromatic rings. The number of carbonyl (C=O) groups is 1. The summed E-state index contributed by atoms with van der Waals surface area (Å²) in [5.74, 6) is -0.560. The van der Waals surface area contributed by atoms with E-state index in [2.05, 4.69) is 5.10 Å². The first-order chi connectivity index (χ1) is 8.23. The molecule has 0 aliphatic carbocycles. The summed E-state index contributed by atoms with van der Waals surface area (Å²) < 4.78 is 38.6. The molecule has 4 nitrogen and oxygen atoms in total. The number of hydrogen-bond acceptors (Lipinski definition) is 2. The quantitative estimate of drug-likeness (QED) is 0.855. The van der Waals surface area contributed by atoms with Crippen molar-refractivity contribution in [1.82, 2.24) is 14.7 Å². The van der Waals surface area contributed by atoms with Gasteiger partial charge in [-0.15, -0.1) is 0 Å². The van der Waals surface area contributed by atoms with Crippen molar-refractivity contribution in [3.05, 3.63) is 16.4 Å². The van der Waals surface area contributed by atoms with Gasteiger partial charge in [0.1, 0.15) is 10.7 Å². The van der Waals surface area contributed by atoms with Crippen LogP contribution in [0.2, 0.25) is 5.02 Å². The van der Waals surface area contributed by atoms with E-state index in [0.717, 1.165) is 4.68 Å². The zero-order valence-corrected chi connectivity index (χ0v) is 10.9. The van der Waals surface area contributed by atoms with Crippen LogP contribution in [-0.2, 0) is 13.2 Å². The van der Waals surface area contributed by atoms with Gasteiger partial charge in [0, 0.05) is 20.1 Å². The Balaban J connectivity index is 3.27. The minimum absolute atomic E-state index is 0.243. The monoisotopic (exact) mass is 283 g/mol. The second kappa shape index (κ2) is 5.17. The van der Waals surface area contributed by atoms with Crippen LogP contribution >= 0.6 is 11.6 Å². The molecule has 0 spiro atoms. The molecule has 8 heteroatoms. The largest absolute Gasteiger partial charge is 0.436 e. The van der Waals surface area contributed by atoms with Crippen molar-refractivity contribution < 1.29 is 18.0 Å². The average molecular weight is 284 g/mol. The number of aromatic nitrogens is 2. The lowest BCUT2D eigenvalue weighted by Gasteiger charge is -2.18. The Labute approximate surface area is 107 Å². The minimum Gasteiger partial charge on any atom is -0.338 e. The molecule has 0 atom stereocenters. The van der Waals surface area contributed by atoms with Gasteiger partial charge in [0.25, 0.3) is 5.91 Å². The van der Waals surface area contributed by atoms with Gasteiger partial charge in [0.2, 0.25) is 0 Å². The first kappa shape index (κ1) is 14.8. The van der Waals surface area contributed by atoms with Gasteiger partial charge in [-0.1, -0.05) is 11.6 Å². The maximum Gasteiger partial charge on any atom is 0.436 e. The van der Waals surface area contributed by atoms with E-state index in [4.69, 9.17) is 11.6 Å². The molecule has 0 saturated carbocycles. The lowest BCUT2D eigenvalue weighted by molar-refractivity contribution is -0.141. The molecular weight excluding hydrogens is 271 g/mol. The van der Waals surface area contributed by atoms with Crippen LogP contribution < -0.4 is 0 Å². The maximum atomic E-state index is 12.6. The Morgan fingerprint density at radius 1 is 1.39 bits per heavy atom. The van der Waals surface area contributed by atoms with Crippen molar-refractivity contribution in [2.45, 2.75) is 20.0 Å². The molecule has 102 valence electrons. The smallest absolute Gasteiger partial charge is 0.338 e. The summed E-state index contributed by atoms with van der Waals surface area (Å²) in [5.41, 5.74) is -1.48. The molecule has 0 aliphatic rings. The van der Waals surface area contributed by atoms with Gasteiger partial charge in [-0.3, -0.25) is 9.48 Å². The fourth-order valence-electron chi connectivity index (χ4n) is 1.57. The Kier molecular flexibility index (Phi) is 4.26. The second-order valence-corrected chi connectivity index (χ2v) is 3.99. The zero-order valence-electron chi connectivity index (χ0n) is 10.2. The Bertz CT molecular complexity index is 452. The summed E-state index contributed by atoms with van der Waals surface area (Å²) in [7, 11) is 1.26. The highest BCUT2D eigenvalue weighted by Gasteiger charge is 2.40. The molecule has 0 unspecified atom stereocenters. The molecule has 1 aromatic heterocycles. The number of amides is 1. The van der Waals surface area contributed by atoms with Crippen LogP contribution in [0.4, 0.5) is 13.2 Å². The van der Waals surface area contributed by atoms with Crippen LogP contribution in [0.25, 0.3) is 0 Å². The summed E-state index contributed by atoms with van der Waals surface area (Å²) in [6.07, 6.45) is -4.67. The van der Waals surface area contributed by atoms with E-state index in [-0.39, 0.29) is 5.69 Å². The standard InChI is InChI=1S/C10H13ClF3N3O/c1-4-17(5-2)9(18)7-6(11)8(10(12,13)14)15-16(7)3/h4-5H2,1-3H3. The van der Waals surface area contributed by atoms with E-state index in [1.807, 2.05) is 0 Å². The molecule has 0 fully saturated rings. The van der Waals surface area contributed by atoms with E-state index < -0.39 is 22.8 Å². The molecule has 0 aromatic carbocycles. The molecule has 18 heavy (non-hydrogen) atoms. The van der Waals surface area contributed by atoms with Gasteiger partial charge in [-0.05, 0) is 13.8 Å². The molecule has 0 N–H and O–H groups in total. The van der Waals surface area contributed by atoms with E-state index >= 15 is 0 Å². The third-order valence-corrected chi connectivity index (χ3v) is 2.87. The number of rotatable bonds is 3. The lowest BCUT2D eigenvalue weighted by Crippen LogP contribution is -2.32. The Morgan fingerprint density at radius 2 is 1.89 bits per heavy atom. The first-order valence-corrected chi connectivity index (χ1v) is 5.70. The summed E-state index contributed by atoms with van der Waals surface area (Å²) in [4.78, 5) is 13.4. The van der Waals surface area contributed by atoms with Crippen molar-refractivity contribution in [2.75, 3.05) is 13.1 Å². The first-order valence-electron chi connectivity index (χ1n) is 5.32. The van der Waals surface area contributed by atoms with Crippen LogP contribution in [0.15, 0.2) is 0 Å². The van der Waals surface area contributed by atoms with E-state index in [1.54, 1.807) is 13.8 Å². The average Bonchev–Trinajstić information content (AvgIpc) is 2.55. The van der Waals surface area contributed by atoms with Gasteiger partial charge >= 0.3 is 6.18 Å². The minimum atomic E-state index is -4.67. The molecule has 0 bridgehead atoms. The third kappa shape index (κ3) is 2.60. The second-order valence-electron chi connectivity index (χ2n) is 3.61. The van der Waals surface area contributed by atoms with Gasteiger partial charge in [-0.25, -0.2) is 0 Å². The van der Waals surface area contributed by atoms with Crippen molar-refractivity contribution in [2.24, 2.45) is 7.05 Å². The van der Waals surface area contributed by atoms with Gasteiger partial charge in [-0.2, -0.15) is 18.3 Å². The fourth-order valence-corrected chi connectivity index (χ4v) is 1.92. The number of hydrogen-bond donors (Lipinski definition) is 0. The maximum absolute atomic E-state index is 12.6. The topological polar surface area (TPSA) is 38.1 Å². The molecule has 0 saturated heterocycles. The van der Waals surface area contributed by atoms with E-state index in [9.17, 15) is 18.0 Å². The van der Waals surface area contributed by atoms with Crippen LogP contribution in [0, 0.1) is 0 Å².